The number of rotatable bonds is 3. The van der Waals surface area contributed by atoms with Crippen molar-refractivity contribution < 1.29 is 19.4 Å². The van der Waals surface area contributed by atoms with Crippen LogP contribution in [-0.4, -0.2) is 26.6 Å². The highest BCUT2D eigenvalue weighted by Crippen LogP contribution is 2.30. The molecule has 23 heavy (non-hydrogen) atoms. The molecule has 0 saturated carbocycles. The molecule has 2 heterocycles. The Morgan fingerprint density at radius 1 is 0.870 bits per heavy atom. The lowest BCUT2D eigenvalue weighted by Gasteiger charge is -2.11. The number of carbonyl (C=O) groups excluding carboxylic acids is 2. The number of pyridine rings is 1. The van der Waals surface area contributed by atoms with E-state index in [0.29, 0.717) is 4.90 Å². The summed E-state index contributed by atoms with van der Waals surface area (Å²) in [7, 11) is 0. The van der Waals surface area contributed by atoms with Crippen LogP contribution >= 0.6 is 0 Å². The van der Waals surface area contributed by atoms with E-state index in [4.69, 9.17) is 0 Å². The molecule has 2 aromatic rings. The van der Waals surface area contributed by atoms with Crippen LogP contribution in [0.25, 0.3) is 0 Å². The van der Waals surface area contributed by atoms with E-state index >= 15 is 0 Å². The van der Waals surface area contributed by atoms with Crippen molar-refractivity contribution in [3.05, 3.63) is 67.9 Å². The highest BCUT2D eigenvalue weighted by Gasteiger charge is 2.39. The fraction of sp³-hybridized carbons (Fsp3) is 0. The monoisotopic (exact) mass is 314 g/mol. The minimum absolute atomic E-state index is 0.0195. The van der Waals surface area contributed by atoms with Crippen LogP contribution in [0.5, 0.6) is 0 Å². The van der Waals surface area contributed by atoms with Crippen molar-refractivity contribution in [2.45, 2.75) is 0 Å². The van der Waals surface area contributed by atoms with Gasteiger partial charge in [0.15, 0.2) is 0 Å². The van der Waals surface area contributed by atoms with Gasteiger partial charge in [0.1, 0.15) is 5.82 Å². The average Bonchev–Trinajstić information content (AvgIpc) is 2.78. The van der Waals surface area contributed by atoms with Gasteiger partial charge in [0, 0.05) is 24.4 Å². The van der Waals surface area contributed by atoms with Crippen LogP contribution in [0.3, 0.4) is 0 Å². The van der Waals surface area contributed by atoms with Crippen molar-refractivity contribution >= 4 is 29.0 Å². The minimum Gasteiger partial charge on any atom is -0.268 e. The Bertz CT molecular complexity index is 894. The van der Waals surface area contributed by atoms with Crippen molar-refractivity contribution in [3.8, 4) is 0 Å². The molecular weight excluding hydrogens is 308 g/mol. The quantitative estimate of drug-likeness (QED) is 0.477. The van der Waals surface area contributed by atoms with Crippen LogP contribution in [-0.2, 0) is 0 Å². The molecule has 1 aromatic heterocycles. The second-order valence-corrected chi connectivity index (χ2v) is 4.56. The van der Waals surface area contributed by atoms with Crippen molar-refractivity contribution in [1.29, 1.82) is 0 Å². The molecule has 0 bridgehead atoms. The predicted octanol–water partition coefficient (Wildman–Crippen LogP) is 1.70. The molecule has 0 radical (unpaired) electrons. The van der Waals surface area contributed by atoms with Crippen LogP contribution < -0.4 is 4.90 Å². The summed E-state index contributed by atoms with van der Waals surface area (Å²) in [6.45, 7) is 0. The Morgan fingerprint density at radius 3 is 2.13 bits per heavy atom. The van der Waals surface area contributed by atoms with E-state index in [-0.39, 0.29) is 28.3 Å². The fourth-order valence-electron chi connectivity index (χ4n) is 2.19. The second-order valence-electron chi connectivity index (χ2n) is 4.56. The SMILES string of the molecule is O=C1c2ccc([N+](=O)[O-])cc2C(=O)N1c1cc([N+](=O)[O-])ccn1. The third kappa shape index (κ3) is 2.18. The van der Waals surface area contributed by atoms with Crippen LogP contribution in [0.4, 0.5) is 17.2 Å². The van der Waals surface area contributed by atoms with Gasteiger partial charge in [-0.15, -0.1) is 0 Å². The van der Waals surface area contributed by atoms with E-state index in [1.165, 1.54) is 6.07 Å². The molecule has 0 fully saturated rings. The van der Waals surface area contributed by atoms with Gasteiger partial charge >= 0.3 is 0 Å². The first kappa shape index (κ1) is 14.3. The molecule has 114 valence electrons. The second kappa shape index (κ2) is 4.94. The van der Waals surface area contributed by atoms with E-state index in [9.17, 15) is 29.8 Å². The van der Waals surface area contributed by atoms with E-state index in [0.717, 1.165) is 30.5 Å². The van der Waals surface area contributed by atoms with Gasteiger partial charge < -0.3 is 0 Å². The summed E-state index contributed by atoms with van der Waals surface area (Å²) in [5.74, 6) is -1.78. The van der Waals surface area contributed by atoms with Crippen LogP contribution in [0.1, 0.15) is 20.7 Å². The molecule has 10 nitrogen and oxygen atoms in total. The minimum atomic E-state index is -0.818. The molecule has 0 unspecified atom stereocenters. The number of hydrogen-bond acceptors (Lipinski definition) is 7. The number of non-ortho nitro benzene ring substituents is 1. The highest BCUT2D eigenvalue weighted by molar-refractivity contribution is 6.34. The number of carbonyl (C=O) groups is 2. The Labute approximate surface area is 127 Å². The van der Waals surface area contributed by atoms with Gasteiger partial charge in [0.05, 0.1) is 27.0 Å². The van der Waals surface area contributed by atoms with Gasteiger partial charge in [-0.1, -0.05) is 0 Å². The smallest absolute Gasteiger partial charge is 0.268 e. The summed E-state index contributed by atoms with van der Waals surface area (Å²) in [5.41, 5.74) is -0.831. The lowest BCUT2D eigenvalue weighted by atomic mass is 10.1. The molecule has 0 atom stereocenters. The molecule has 1 aliphatic heterocycles. The zero-order valence-electron chi connectivity index (χ0n) is 11.2. The molecule has 0 N–H and O–H groups in total. The van der Waals surface area contributed by atoms with Crippen LogP contribution in [0, 0.1) is 20.2 Å². The Balaban J connectivity index is 2.08. The number of benzene rings is 1. The molecule has 1 aromatic carbocycles. The van der Waals surface area contributed by atoms with E-state index in [1.54, 1.807) is 0 Å². The molecule has 0 spiro atoms. The summed E-state index contributed by atoms with van der Waals surface area (Å²) < 4.78 is 0. The van der Waals surface area contributed by atoms with E-state index < -0.39 is 21.7 Å². The van der Waals surface area contributed by atoms with Crippen molar-refractivity contribution in [3.63, 3.8) is 0 Å². The summed E-state index contributed by atoms with van der Waals surface area (Å²) in [6, 6.07) is 5.37. The van der Waals surface area contributed by atoms with Gasteiger partial charge in [-0.2, -0.15) is 0 Å². The summed E-state index contributed by atoms with van der Waals surface area (Å²) in [6.07, 6.45) is 1.10. The number of nitro benzene ring substituents is 1. The molecular formula is C13H6N4O6. The van der Waals surface area contributed by atoms with Gasteiger partial charge in [-0.05, 0) is 6.07 Å². The first-order chi connectivity index (χ1) is 10.9. The largest absolute Gasteiger partial charge is 0.274 e. The number of nitrogens with zero attached hydrogens (tertiary/aromatic N) is 4. The molecule has 10 heteroatoms. The maximum Gasteiger partial charge on any atom is 0.274 e. The fourth-order valence-corrected chi connectivity index (χ4v) is 2.19. The predicted molar refractivity (Wildman–Crippen MR) is 75.1 cm³/mol. The average molecular weight is 314 g/mol. The number of fused-ring (bicyclic) bond motifs is 1. The van der Waals surface area contributed by atoms with Crippen molar-refractivity contribution in [2.24, 2.45) is 0 Å². The lowest BCUT2D eigenvalue weighted by Crippen LogP contribution is -2.30. The molecule has 1 aliphatic rings. The van der Waals surface area contributed by atoms with Crippen molar-refractivity contribution in [1.82, 2.24) is 4.98 Å². The summed E-state index contributed by atoms with van der Waals surface area (Å²) in [5, 5.41) is 21.6. The zero-order valence-corrected chi connectivity index (χ0v) is 11.2. The summed E-state index contributed by atoms with van der Waals surface area (Å²) in [4.78, 5) is 49.3. The summed E-state index contributed by atoms with van der Waals surface area (Å²) >= 11 is 0. The van der Waals surface area contributed by atoms with Gasteiger partial charge in [0.2, 0.25) is 0 Å². The topological polar surface area (TPSA) is 137 Å². The normalized spacial score (nSPS) is 13.1. The third-order valence-electron chi connectivity index (χ3n) is 3.25. The number of imide groups is 1. The molecule has 0 aliphatic carbocycles. The van der Waals surface area contributed by atoms with Crippen LogP contribution in [0.2, 0.25) is 0 Å². The highest BCUT2D eigenvalue weighted by atomic mass is 16.6. The van der Waals surface area contributed by atoms with Crippen LogP contribution in [0.15, 0.2) is 36.5 Å². The maximum atomic E-state index is 12.3. The first-order valence-electron chi connectivity index (χ1n) is 6.18. The number of hydrogen-bond donors (Lipinski definition) is 0. The Hall–Kier alpha value is -3.69. The van der Waals surface area contributed by atoms with Crippen molar-refractivity contribution in [2.75, 3.05) is 4.90 Å². The number of amides is 2. The number of aromatic nitrogens is 1. The van der Waals surface area contributed by atoms with Gasteiger partial charge in [-0.25, -0.2) is 9.88 Å². The Kier molecular flexibility index (Phi) is 3.06. The van der Waals surface area contributed by atoms with Gasteiger partial charge in [-0.3, -0.25) is 29.8 Å². The third-order valence-corrected chi connectivity index (χ3v) is 3.25. The molecule has 2 amide bonds. The lowest BCUT2D eigenvalue weighted by molar-refractivity contribution is -0.385. The number of nitro groups is 2. The zero-order chi connectivity index (χ0) is 16.7. The van der Waals surface area contributed by atoms with E-state index in [2.05, 4.69) is 4.98 Å². The standard InChI is InChI=1S/C13H6N4O6/c18-12-9-2-1-7(16(20)21)5-10(9)13(19)15(12)11-6-8(17(22)23)3-4-14-11/h1-6H. The first-order valence-corrected chi connectivity index (χ1v) is 6.18. The Morgan fingerprint density at radius 2 is 1.48 bits per heavy atom. The van der Waals surface area contributed by atoms with Gasteiger partial charge in [0.25, 0.3) is 23.2 Å². The molecule has 0 saturated heterocycles. The molecule has 3 rings (SSSR count). The number of anilines is 1. The maximum absolute atomic E-state index is 12.3. The van der Waals surface area contributed by atoms with E-state index in [1.807, 2.05) is 0 Å².